The molecule has 1 aromatic carbocycles. The zero-order chi connectivity index (χ0) is 15.9. The summed E-state index contributed by atoms with van der Waals surface area (Å²) in [6.07, 6.45) is 1.82. The molecule has 1 aliphatic rings. The van der Waals surface area contributed by atoms with Gasteiger partial charge in [-0.15, -0.1) is 0 Å². The van der Waals surface area contributed by atoms with Crippen LogP contribution >= 0.6 is 0 Å². The Labute approximate surface area is 131 Å². The van der Waals surface area contributed by atoms with Crippen molar-refractivity contribution in [2.75, 3.05) is 20.3 Å². The van der Waals surface area contributed by atoms with Crippen molar-refractivity contribution in [2.24, 2.45) is 5.92 Å². The van der Waals surface area contributed by atoms with Crippen LogP contribution in [0.5, 0.6) is 11.5 Å². The number of amides is 1. The van der Waals surface area contributed by atoms with Gasteiger partial charge >= 0.3 is 0 Å². The highest BCUT2D eigenvalue weighted by Crippen LogP contribution is 2.28. The summed E-state index contributed by atoms with van der Waals surface area (Å²) in [5.41, 5.74) is 0.984. The van der Waals surface area contributed by atoms with Gasteiger partial charge in [0.2, 0.25) is 5.91 Å². The zero-order valence-electron chi connectivity index (χ0n) is 13.6. The van der Waals surface area contributed by atoms with E-state index in [1.165, 1.54) is 0 Å². The lowest BCUT2D eigenvalue weighted by atomic mass is 9.94. The lowest BCUT2D eigenvalue weighted by Crippen LogP contribution is -2.39. The number of carbonyl (C=O) groups excluding carboxylic acids is 1. The summed E-state index contributed by atoms with van der Waals surface area (Å²) in [5.74, 6) is 1.40. The molecule has 1 amide bonds. The predicted molar refractivity (Wildman–Crippen MR) is 84.1 cm³/mol. The molecule has 122 valence electrons. The van der Waals surface area contributed by atoms with Crippen molar-refractivity contribution < 1.29 is 19.0 Å². The van der Waals surface area contributed by atoms with Crippen LogP contribution in [0, 0.1) is 5.92 Å². The molecule has 0 radical (unpaired) electrons. The van der Waals surface area contributed by atoms with Crippen LogP contribution in [0.2, 0.25) is 0 Å². The summed E-state index contributed by atoms with van der Waals surface area (Å²) < 4.78 is 16.4. The van der Waals surface area contributed by atoms with Crippen molar-refractivity contribution in [3.63, 3.8) is 0 Å². The molecule has 1 heterocycles. The molecule has 0 bridgehead atoms. The molecule has 0 aliphatic carbocycles. The van der Waals surface area contributed by atoms with Gasteiger partial charge in [0.25, 0.3) is 0 Å². The number of rotatable bonds is 6. The maximum atomic E-state index is 12.3. The number of nitrogens with one attached hydrogen (secondary N) is 1. The summed E-state index contributed by atoms with van der Waals surface area (Å²) in [5, 5.41) is 2.99. The van der Waals surface area contributed by atoms with Crippen molar-refractivity contribution in [1.82, 2.24) is 5.32 Å². The molecule has 0 unspecified atom stereocenters. The molecule has 0 aromatic heterocycles. The third-order valence-electron chi connectivity index (χ3n) is 3.94. The van der Waals surface area contributed by atoms with Gasteiger partial charge in [0.05, 0.1) is 25.7 Å². The van der Waals surface area contributed by atoms with Gasteiger partial charge in [-0.25, -0.2) is 0 Å². The number of ether oxygens (including phenoxy) is 3. The second-order valence-electron chi connectivity index (χ2n) is 5.46. The Kier molecular flexibility index (Phi) is 6.07. The molecule has 5 nitrogen and oxygen atoms in total. The van der Waals surface area contributed by atoms with Crippen LogP contribution in [0.15, 0.2) is 18.2 Å². The number of methoxy groups -OCH3 is 1. The number of benzene rings is 1. The van der Waals surface area contributed by atoms with E-state index in [4.69, 9.17) is 14.2 Å². The van der Waals surface area contributed by atoms with Crippen molar-refractivity contribution in [3.8, 4) is 11.5 Å². The lowest BCUT2D eigenvalue weighted by Gasteiger charge is -2.28. The van der Waals surface area contributed by atoms with E-state index < -0.39 is 0 Å². The third kappa shape index (κ3) is 4.13. The molecule has 0 spiro atoms. The Morgan fingerprint density at radius 1 is 1.41 bits per heavy atom. The SMILES string of the molecule is CCOc1ccc(CNC(=O)[C@@H]2CCCO[C@@H]2C)cc1OC. The standard InChI is InChI=1S/C17H25NO4/c1-4-21-15-8-7-13(10-16(15)20-3)11-18-17(19)14-6-5-9-22-12(14)2/h7-8,10,12,14H,4-6,9,11H2,1-3H3,(H,18,19)/t12-,14-/m1/s1. The van der Waals surface area contributed by atoms with Gasteiger partial charge in [0.1, 0.15) is 0 Å². The van der Waals surface area contributed by atoms with E-state index in [-0.39, 0.29) is 17.9 Å². The molecule has 2 rings (SSSR count). The molecule has 0 saturated carbocycles. The maximum Gasteiger partial charge on any atom is 0.225 e. The van der Waals surface area contributed by atoms with Crippen LogP contribution in [0.4, 0.5) is 0 Å². The highest BCUT2D eigenvalue weighted by atomic mass is 16.5. The number of hydrogen-bond acceptors (Lipinski definition) is 4. The highest BCUT2D eigenvalue weighted by Gasteiger charge is 2.28. The highest BCUT2D eigenvalue weighted by molar-refractivity contribution is 5.79. The summed E-state index contributed by atoms with van der Waals surface area (Å²) in [6.45, 7) is 5.71. The van der Waals surface area contributed by atoms with Crippen molar-refractivity contribution in [1.29, 1.82) is 0 Å². The molecular weight excluding hydrogens is 282 g/mol. The lowest BCUT2D eigenvalue weighted by molar-refractivity contribution is -0.133. The zero-order valence-corrected chi connectivity index (χ0v) is 13.6. The normalized spacial score (nSPS) is 21.2. The van der Waals surface area contributed by atoms with Gasteiger partial charge in [-0.3, -0.25) is 4.79 Å². The summed E-state index contributed by atoms with van der Waals surface area (Å²) in [6, 6.07) is 5.71. The first kappa shape index (κ1) is 16.6. The fourth-order valence-electron chi connectivity index (χ4n) is 2.68. The Morgan fingerprint density at radius 3 is 2.91 bits per heavy atom. The first-order chi connectivity index (χ1) is 10.7. The Balaban J connectivity index is 1.94. The van der Waals surface area contributed by atoms with Crippen LogP contribution < -0.4 is 14.8 Å². The molecule has 1 fully saturated rings. The van der Waals surface area contributed by atoms with Crippen LogP contribution in [-0.4, -0.2) is 32.3 Å². The summed E-state index contributed by atoms with van der Waals surface area (Å²) in [7, 11) is 1.61. The molecular formula is C17H25NO4. The summed E-state index contributed by atoms with van der Waals surface area (Å²) >= 11 is 0. The van der Waals surface area contributed by atoms with E-state index in [2.05, 4.69) is 5.32 Å². The van der Waals surface area contributed by atoms with E-state index in [1.807, 2.05) is 32.0 Å². The minimum absolute atomic E-state index is 0.0105. The van der Waals surface area contributed by atoms with Gasteiger partial charge in [-0.05, 0) is 44.4 Å². The fourth-order valence-corrected chi connectivity index (χ4v) is 2.68. The molecule has 1 saturated heterocycles. The van der Waals surface area contributed by atoms with Gasteiger partial charge in [-0.1, -0.05) is 6.07 Å². The van der Waals surface area contributed by atoms with Crippen LogP contribution in [-0.2, 0) is 16.1 Å². The average molecular weight is 307 g/mol. The van der Waals surface area contributed by atoms with Gasteiger partial charge in [-0.2, -0.15) is 0 Å². The Morgan fingerprint density at radius 2 is 2.23 bits per heavy atom. The molecule has 1 aromatic rings. The van der Waals surface area contributed by atoms with Crippen molar-refractivity contribution in [3.05, 3.63) is 23.8 Å². The first-order valence-corrected chi connectivity index (χ1v) is 7.84. The quantitative estimate of drug-likeness (QED) is 0.877. The minimum atomic E-state index is -0.0571. The van der Waals surface area contributed by atoms with Gasteiger partial charge in [0, 0.05) is 13.2 Å². The molecule has 1 N–H and O–H groups in total. The van der Waals surface area contributed by atoms with E-state index in [0.29, 0.717) is 18.9 Å². The van der Waals surface area contributed by atoms with Crippen molar-refractivity contribution >= 4 is 5.91 Å². The maximum absolute atomic E-state index is 12.3. The van der Waals surface area contributed by atoms with E-state index in [9.17, 15) is 4.79 Å². The summed E-state index contributed by atoms with van der Waals surface area (Å²) in [4.78, 5) is 12.3. The fraction of sp³-hybridized carbons (Fsp3) is 0.588. The monoisotopic (exact) mass is 307 g/mol. The Bertz CT molecular complexity index is 503. The number of hydrogen-bond donors (Lipinski definition) is 1. The molecule has 2 atom stereocenters. The van der Waals surface area contributed by atoms with Crippen molar-refractivity contribution in [2.45, 2.75) is 39.3 Å². The smallest absolute Gasteiger partial charge is 0.225 e. The minimum Gasteiger partial charge on any atom is -0.493 e. The van der Waals surface area contributed by atoms with Gasteiger partial charge in [0.15, 0.2) is 11.5 Å². The molecule has 1 aliphatic heterocycles. The second kappa shape index (κ2) is 8.03. The van der Waals surface area contributed by atoms with E-state index in [0.717, 1.165) is 30.8 Å². The van der Waals surface area contributed by atoms with Crippen LogP contribution in [0.3, 0.4) is 0 Å². The van der Waals surface area contributed by atoms with Crippen LogP contribution in [0.1, 0.15) is 32.3 Å². The first-order valence-electron chi connectivity index (χ1n) is 7.84. The third-order valence-corrected chi connectivity index (χ3v) is 3.94. The largest absolute Gasteiger partial charge is 0.493 e. The second-order valence-corrected chi connectivity index (χ2v) is 5.46. The van der Waals surface area contributed by atoms with E-state index >= 15 is 0 Å². The molecule has 5 heteroatoms. The predicted octanol–water partition coefficient (Wildman–Crippen LogP) is 2.53. The van der Waals surface area contributed by atoms with Crippen LogP contribution in [0.25, 0.3) is 0 Å². The average Bonchev–Trinajstić information content (AvgIpc) is 2.54. The number of carbonyl (C=O) groups is 1. The molecule has 22 heavy (non-hydrogen) atoms. The topological polar surface area (TPSA) is 56.8 Å². The van der Waals surface area contributed by atoms with Gasteiger partial charge < -0.3 is 19.5 Å². The van der Waals surface area contributed by atoms with E-state index in [1.54, 1.807) is 7.11 Å². The Hall–Kier alpha value is -1.75.